The first kappa shape index (κ1) is 82.7. The predicted molar refractivity (Wildman–Crippen MR) is 81.4 cm³/mol. The van der Waals surface area contributed by atoms with Crippen molar-refractivity contribution in [3.05, 3.63) is 0 Å². The Morgan fingerprint density at radius 3 is 0.842 bits per heavy atom. The quantitative estimate of drug-likeness (QED) is 0.546. The molecule has 0 spiro atoms. The molecule has 0 aliphatic heterocycles. The van der Waals surface area contributed by atoms with Crippen LogP contribution in [0.15, 0.2) is 0 Å². The zero-order valence-electron chi connectivity index (χ0n) is 9.57. The molecule has 0 unspecified atom stereocenters. The second kappa shape index (κ2) is 125. The molecule has 0 rings (SSSR count). The van der Waals surface area contributed by atoms with E-state index < -0.39 is 5.97 Å². The lowest BCUT2D eigenvalue weighted by Gasteiger charge is -1.80. The Hall–Kier alpha value is -1.22. The number of aliphatic hydroxyl groups excluding tert-OH is 2. The molecule has 0 atom stereocenters. The van der Waals surface area contributed by atoms with Crippen molar-refractivity contribution < 1.29 is 40.6 Å². The zero-order valence-corrected chi connectivity index (χ0v) is 9.57. The lowest BCUT2D eigenvalue weighted by atomic mass is 10.8. The smallest absolute Gasteiger partial charge is 0.302 e. The third-order valence-electron chi connectivity index (χ3n) is 0.287. The van der Waals surface area contributed by atoms with Crippen molar-refractivity contribution in [1.29, 1.82) is 0 Å². The molecule has 0 heterocycles. The van der Waals surface area contributed by atoms with Crippen LogP contribution in [0.4, 0.5) is 0 Å². The van der Waals surface area contributed by atoms with Crippen LogP contribution in [0, 0.1) is 0 Å². The molecule has 0 aromatic heterocycles. The standard InChI is InChI=1S/C3H6O2.C2H4O2.2CH4O.4CH4.2H2O/c1-3(4)5-2;1-2(3)4;2*1-2;;;;;;/h1-2H3;1H3,(H,3,4);2*2H,1H3;4*1H4;2*1H2. The van der Waals surface area contributed by atoms with Crippen molar-refractivity contribution in [3.8, 4) is 0 Å². The molecule has 0 saturated carbocycles. The van der Waals surface area contributed by atoms with Crippen LogP contribution < -0.4 is 0 Å². The van der Waals surface area contributed by atoms with Crippen molar-refractivity contribution in [2.75, 3.05) is 21.3 Å². The Balaban J connectivity index is -0.00000000679. The summed E-state index contributed by atoms with van der Waals surface area (Å²) in [7, 11) is 3.35. The minimum absolute atomic E-state index is 0. The Morgan fingerprint density at radius 1 is 0.789 bits per heavy atom. The fraction of sp³-hybridized carbons (Fsp3) is 0.818. The van der Waals surface area contributed by atoms with Gasteiger partial charge in [0.25, 0.3) is 5.97 Å². The van der Waals surface area contributed by atoms with Gasteiger partial charge in [0.1, 0.15) is 0 Å². The van der Waals surface area contributed by atoms with Gasteiger partial charge in [0.2, 0.25) is 0 Å². The fourth-order valence-electron chi connectivity index (χ4n) is 0. The summed E-state index contributed by atoms with van der Waals surface area (Å²) in [5, 5.41) is 21.4. The van der Waals surface area contributed by atoms with Crippen LogP contribution in [0.3, 0.4) is 0 Å². The van der Waals surface area contributed by atoms with Crippen molar-refractivity contribution >= 4 is 11.9 Å². The molecule has 0 saturated heterocycles. The van der Waals surface area contributed by atoms with E-state index in [2.05, 4.69) is 4.74 Å². The van der Waals surface area contributed by atoms with Crippen LogP contribution in [-0.4, -0.2) is 59.5 Å². The first-order valence-electron chi connectivity index (χ1n) is 3.14. The number of rotatable bonds is 0. The first-order valence-corrected chi connectivity index (χ1v) is 3.14. The van der Waals surface area contributed by atoms with Gasteiger partial charge in [-0.25, -0.2) is 0 Å². The maximum atomic E-state index is 9.59. The van der Waals surface area contributed by atoms with Gasteiger partial charge in [-0.05, 0) is 0 Å². The Morgan fingerprint density at radius 2 is 0.842 bits per heavy atom. The zero-order chi connectivity index (χ0) is 11.9. The molecular weight excluding hydrogens is 260 g/mol. The van der Waals surface area contributed by atoms with Gasteiger partial charge < -0.3 is 31.0 Å². The van der Waals surface area contributed by atoms with Crippen molar-refractivity contribution in [1.82, 2.24) is 0 Å². The highest BCUT2D eigenvalue weighted by molar-refractivity contribution is 5.65. The number of methoxy groups -OCH3 is 1. The summed E-state index contributed by atoms with van der Waals surface area (Å²) in [4.78, 5) is 18.6. The second-order valence-corrected chi connectivity index (χ2v) is 1.21. The van der Waals surface area contributed by atoms with Crippen LogP contribution in [0.2, 0.25) is 0 Å². The molecule has 0 radical (unpaired) electrons. The summed E-state index contributed by atoms with van der Waals surface area (Å²) in [6.45, 7) is 2.44. The lowest BCUT2D eigenvalue weighted by Crippen LogP contribution is -1.88. The maximum Gasteiger partial charge on any atom is 0.302 e. The molecule has 130 valence electrons. The highest BCUT2D eigenvalue weighted by atomic mass is 16.5. The SMILES string of the molecule is C.C.C.C.CC(=O)O.CO.CO.COC(C)=O.O.O. The summed E-state index contributed by atoms with van der Waals surface area (Å²) in [6.07, 6.45) is 0. The molecule has 7 N–H and O–H groups in total. The predicted octanol–water partition coefficient (Wildman–Crippen LogP) is 0.382. The largest absolute Gasteiger partial charge is 0.481 e. The number of aliphatic hydroxyl groups is 2. The van der Waals surface area contributed by atoms with E-state index in [1.807, 2.05) is 0 Å². The van der Waals surface area contributed by atoms with Crippen LogP contribution in [0.5, 0.6) is 0 Å². The van der Waals surface area contributed by atoms with E-state index in [0.717, 1.165) is 21.1 Å². The van der Waals surface area contributed by atoms with Crippen molar-refractivity contribution in [2.24, 2.45) is 0 Å². The summed E-state index contributed by atoms with van der Waals surface area (Å²) in [5.41, 5.74) is 0. The van der Waals surface area contributed by atoms with Gasteiger partial charge in [0, 0.05) is 28.1 Å². The topological polar surface area (TPSA) is 167 Å². The minimum atomic E-state index is -0.833. The Labute approximate surface area is 118 Å². The van der Waals surface area contributed by atoms with Gasteiger partial charge >= 0.3 is 5.97 Å². The van der Waals surface area contributed by atoms with Crippen LogP contribution in [0.1, 0.15) is 43.6 Å². The fourth-order valence-corrected chi connectivity index (χ4v) is 0. The first-order chi connectivity index (χ1) is 6.00. The minimum Gasteiger partial charge on any atom is -0.481 e. The second-order valence-electron chi connectivity index (χ2n) is 1.21. The number of esters is 1. The van der Waals surface area contributed by atoms with Gasteiger partial charge in [-0.15, -0.1) is 0 Å². The number of carboxylic acids is 1. The van der Waals surface area contributed by atoms with Gasteiger partial charge in [-0.3, -0.25) is 9.59 Å². The molecule has 19 heavy (non-hydrogen) atoms. The molecule has 0 aromatic rings. The number of hydrogen-bond donors (Lipinski definition) is 3. The van der Waals surface area contributed by atoms with E-state index in [1.165, 1.54) is 14.0 Å². The molecule has 0 bridgehead atoms. The van der Waals surface area contributed by atoms with E-state index in [-0.39, 0.29) is 46.6 Å². The number of hydrogen-bond acceptors (Lipinski definition) is 5. The Bertz CT molecular complexity index is 103. The van der Waals surface area contributed by atoms with Gasteiger partial charge in [-0.1, -0.05) is 29.7 Å². The van der Waals surface area contributed by atoms with Gasteiger partial charge in [0.15, 0.2) is 0 Å². The molecule has 0 aliphatic carbocycles. The van der Waals surface area contributed by atoms with E-state index in [0.29, 0.717) is 0 Å². The molecular formula is C11H38O8. The number of carbonyl (C=O) groups excluding carboxylic acids is 1. The average molecular weight is 298 g/mol. The summed E-state index contributed by atoms with van der Waals surface area (Å²) >= 11 is 0. The normalized spacial score (nSPS) is 3.74. The summed E-state index contributed by atoms with van der Waals surface area (Å²) < 4.78 is 4.11. The van der Waals surface area contributed by atoms with E-state index in [9.17, 15) is 4.79 Å². The van der Waals surface area contributed by atoms with Crippen molar-refractivity contribution in [2.45, 2.75) is 43.6 Å². The third-order valence-corrected chi connectivity index (χ3v) is 0.287. The number of aliphatic carboxylic acids is 1. The molecule has 0 aromatic carbocycles. The highest BCUT2D eigenvalue weighted by Gasteiger charge is 1.75. The third kappa shape index (κ3) is 6020. The van der Waals surface area contributed by atoms with Crippen LogP contribution in [-0.2, 0) is 14.3 Å². The monoisotopic (exact) mass is 298 g/mol. The molecule has 0 fully saturated rings. The maximum absolute atomic E-state index is 9.59. The summed E-state index contributed by atoms with van der Waals surface area (Å²) in [5.74, 6) is -1.08. The van der Waals surface area contributed by atoms with E-state index >= 15 is 0 Å². The number of ether oxygens (including phenoxy) is 1. The summed E-state index contributed by atoms with van der Waals surface area (Å²) in [6, 6.07) is 0. The molecule has 8 heteroatoms. The van der Waals surface area contributed by atoms with E-state index in [4.69, 9.17) is 20.1 Å². The van der Waals surface area contributed by atoms with Crippen LogP contribution >= 0.6 is 0 Å². The number of carbonyl (C=O) groups is 2. The Kier molecular flexibility index (Phi) is 544. The average Bonchev–Trinajstić information content (AvgIpc) is 2.10. The molecule has 8 nitrogen and oxygen atoms in total. The molecule has 0 aliphatic rings. The number of carboxylic acid groups (broad SMARTS) is 1. The van der Waals surface area contributed by atoms with E-state index in [1.54, 1.807) is 0 Å². The van der Waals surface area contributed by atoms with Gasteiger partial charge in [0.05, 0.1) is 7.11 Å². The van der Waals surface area contributed by atoms with Gasteiger partial charge in [-0.2, -0.15) is 0 Å². The lowest BCUT2D eigenvalue weighted by molar-refractivity contribution is -0.138. The van der Waals surface area contributed by atoms with Crippen molar-refractivity contribution in [3.63, 3.8) is 0 Å². The van der Waals surface area contributed by atoms with Crippen LogP contribution in [0.25, 0.3) is 0 Å². The highest BCUT2D eigenvalue weighted by Crippen LogP contribution is 1.60. The molecule has 0 amide bonds.